The van der Waals surface area contributed by atoms with Crippen molar-refractivity contribution < 1.29 is 0 Å². The molecule has 3 rings (SSSR count). The van der Waals surface area contributed by atoms with E-state index in [4.69, 9.17) is 0 Å². The third kappa shape index (κ3) is 5.42. The van der Waals surface area contributed by atoms with Gasteiger partial charge in [-0.05, 0) is 24.0 Å². The molecule has 2 heterocycles. The maximum atomic E-state index is 4.65. The molecular formula is C21H28N6S. The van der Waals surface area contributed by atoms with E-state index in [0.29, 0.717) is 19.0 Å². The Hall–Kier alpha value is -2.67. The molecule has 7 heteroatoms. The standard InChI is InChI=1S/C21H28N6S/c1-15(2)19-14-28-20(26-19)12-25-21(22-4)24-11-17-6-5-7-18(10-17)13-27-9-8-23-16(27)3/h5-10,14-15H,11-13H2,1-4H3,(H2,22,24,25). The fraction of sp³-hybridized carbons (Fsp3) is 0.381. The highest BCUT2D eigenvalue weighted by atomic mass is 32.1. The van der Waals surface area contributed by atoms with Crippen LogP contribution in [0, 0.1) is 6.92 Å². The number of nitrogens with zero attached hydrogens (tertiary/aromatic N) is 4. The van der Waals surface area contributed by atoms with Gasteiger partial charge in [0.05, 0.1) is 12.2 Å². The van der Waals surface area contributed by atoms with Crippen LogP contribution in [0.25, 0.3) is 0 Å². The Morgan fingerprint density at radius 2 is 2.00 bits per heavy atom. The largest absolute Gasteiger partial charge is 0.352 e. The normalized spacial score (nSPS) is 11.8. The number of rotatable bonds is 7. The Kier molecular flexibility index (Phi) is 6.81. The van der Waals surface area contributed by atoms with E-state index in [1.54, 1.807) is 18.4 Å². The highest BCUT2D eigenvalue weighted by Crippen LogP contribution is 2.17. The van der Waals surface area contributed by atoms with Crippen LogP contribution in [0.1, 0.15) is 47.4 Å². The van der Waals surface area contributed by atoms with Gasteiger partial charge < -0.3 is 15.2 Å². The minimum absolute atomic E-state index is 0.459. The summed E-state index contributed by atoms with van der Waals surface area (Å²) in [4.78, 5) is 13.3. The minimum atomic E-state index is 0.459. The number of nitrogens with one attached hydrogen (secondary N) is 2. The average molecular weight is 397 g/mol. The quantitative estimate of drug-likeness (QED) is 0.472. The van der Waals surface area contributed by atoms with Crippen LogP contribution in [-0.2, 0) is 19.6 Å². The fourth-order valence-electron chi connectivity index (χ4n) is 2.84. The van der Waals surface area contributed by atoms with E-state index >= 15 is 0 Å². The molecule has 0 aliphatic rings. The molecule has 2 N–H and O–H groups in total. The molecule has 0 atom stereocenters. The van der Waals surface area contributed by atoms with Gasteiger partial charge in [0, 0.05) is 37.9 Å². The van der Waals surface area contributed by atoms with Crippen molar-refractivity contribution in [2.24, 2.45) is 4.99 Å². The zero-order valence-electron chi connectivity index (χ0n) is 16.9. The molecule has 0 aliphatic heterocycles. The number of aromatic nitrogens is 3. The van der Waals surface area contributed by atoms with Gasteiger partial charge in [-0.15, -0.1) is 11.3 Å². The number of benzene rings is 1. The molecular weight excluding hydrogens is 368 g/mol. The van der Waals surface area contributed by atoms with E-state index in [-0.39, 0.29) is 0 Å². The van der Waals surface area contributed by atoms with Gasteiger partial charge in [0.15, 0.2) is 5.96 Å². The molecule has 0 saturated heterocycles. The molecule has 28 heavy (non-hydrogen) atoms. The second-order valence-corrected chi connectivity index (χ2v) is 7.97. The van der Waals surface area contributed by atoms with E-state index in [1.807, 2.05) is 19.3 Å². The van der Waals surface area contributed by atoms with E-state index in [9.17, 15) is 0 Å². The molecule has 0 spiro atoms. The predicted octanol–water partition coefficient (Wildman–Crippen LogP) is 3.68. The van der Waals surface area contributed by atoms with Crippen LogP contribution >= 0.6 is 11.3 Å². The zero-order chi connectivity index (χ0) is 19.9. The number of guanidine groups is 1. The third-order valence-corrected chi connectivity index (χ3v) is 5.39. The van der Waals surface area contributed by atoms with Gasteiger partial charge in [-0.25, -0.2) is 9.97 Å². The number of hydrogen-bond acceptors (Lipinski definition) is 4. The molecule has 3 aromatic rings. The Labute approximate surface area is 170 Å². The number of imidazole rings is 1. The van der Waals surface area contributed by atoms with Gasteiger partial charge >= 0.3 is 0 Å². The fourth-order valence-corrected chi connectivity index (χ4v) is 3.74. The maximum absolute atomic E-state index is 4.65. The maximum Gasteiger partial charge on any atom is 0.191 e. The topological polar surface area (TPSA) is 67.1 Å². The molecule has 0 radical (unpaired) electrons. The SMILES string of the molecule is CN=C(NCc1cccc(Cn2ccnc2C)c1)NCc1nc(C(C)C)cs1. The van der Waals surface area contributed by atoms with Crippen molar-refractivity contribution >= 4 is 17.3 Å². The average Bonchev–Trinajstić information content (AvgIpc) is 3.32. The first kappa shape index (κ1) is 20.1. The van der Waals surface area contributed by atoms with E-state index in [0.717, 1.165) is 29.0 Å². The van der Waals surface area contributed by atoms with Gasteiger partial charge in [0.2, 0.25) is 0 Å². The molecule has 0 saturated carbocycles. The Morgan fingerprint density at radius 1 is 1.21 bits per heavy atom. The summed E-state index contributed by atoms with van der Waals surface area (Å²) in [6.45, 7) is 8.56. The zero-order valence-corrected chi connectivity index (χ0v) is 17.8. The van der Waals surface area contributed by atoms with Crippen molar-refractivity contribution in [3.8, 4) is 0 Å². The summed E-state index contributed by atoms with van der Waals surface area (Å²) in [7, 11) is 1.79. The van der Waals surface area contributed by atoms with Crippen LogP contribution in [0.3, 0.4) is 0 Å². The minimum Gasteiger partial charge on any atom is -0.352 e. The van der Waals surface area contributed by atoms with Crippen LogP contribution in [0.4, 0.5) is 0 Å². The van der Waals surface area contributed by atoms with Crippen molar-refractivity contribution in [1.29, 1.82) is 0 Å². The highest BCUT2D eigenvalue weighted by molar-refractivity contribution is 7.09. The number of hydrogen-bond donors (Lipinski definition) is 2. The lowest BCUT2D eigenvalue weighted by Gasteiger charge is -2.12. The van der Waals surface area contributed by atoms with Crippen LogP contribution in [0.15, 0.2) is 47.0 Å². The molecule has 0 fully saturated rings. The van der Waals surface area contributed by atoms with Crippen molar-refractivity contribution in [2.75, 3.05) is 7.05 Å². The Morgan fingerprint density at radius 3 is 2.68 bits per heavy atom. The summed E-state index contributed by atoms with van der Waals surface area (Å²) in [6.07, 6.45) is 3.85. The molecule has 1 aromatic carbocycles. The lowest BCUT2D eigenvalue weighted by atomic mass is 10.1. The molecule has 6 nitrogen and oxygen atoms in total. The van der Waals surface area contributed by atoms with Gasteiger partial charge in [-0.1, -0.05) is 38.1 Å². The molecule has 0 aliphatic carbocycles. The van der Waals surface area contributed by atoms with Crippen LogP contribution in [0.5, 0.6) is 0 Å². The molecule has 0 unspecified atom stereocenters. The summed E-state index contributed by atoms with van der Waals surface area (Å²) in [5.41, 5.74) is 3.62. The van der Waals surface area contributed by atoms with E-state index in [2.05, 4.69) is 73.7 Å². The van der Waals surface area contributed by atoms with Crippen LogP contribution in [0.2, 0.25) is 0 Å². The Balaban J connectivity index is 1.53. The van der Waals surface area contributed by atoms with Crippen molar-refractivity contribution in [1.82, 2.24) is 25.2 Å². The van der Waals surface area contributed by atoms with Crippen molar-refractivity contribution in [2.45, 2.75) is 46.3 Å². The van der Waals surface area contributed by atoms with Gasteiger partial charge in [-0.3, -0.25) is 4.99 Å². The summed E-state index contributed by atoms with van der Waals surface area (Å²) in [5, 5.41) is 9.92. The highest BCUT2D eigenvalue weighted by Gasteiger charge is 2.07. The first-order valence-electron chi connectivity index (χ1n) is 9.49. The summed E-state index contributed by atoms with van der Waals surface area (Å²) in [6, 6.07) is 8.58. The summed E-state index contributed by atoms with van der Waals surface area (Å²) < 4.78 is 2.15. The molecule has 0 bridgehead atoms. The van der Waals surface area contributed by atoms with Crippen LogP contribution < -0.4 is 10.6 Å². The monoisotopic (exact) mass is 396 g/mol. The number of aliphatic imine (C=N–C) groups is 1. The second kappa shape index (κ2) is 9.50. The smallest absolute Gasteiger partial charge is 0.191 e. The lowest BCUT2D eigenvalue weighted by molar-refractivity contribution is 0.757. The van der Waals surface area contributed by atoms with Gasteiger partial charge in [-0.2, -0.15) is 0 Å². The molecule has 2 aromatic heterocycles. The number of thiazole rings is 1. The predicted molar refractivity (Wildman–Crippen MR) is 116 cm³/mol. The summed E-state index contributed by atoms with van der Waals surface area (Å²) in [5.74, 6) is 2.26. The van der Waals surface area contributed by atoms with Crippen molar-refractivity contribution in [3.63, 3.8) is 0 Å². The van der Waals surface area contributed by atoms with Crippen molar-refractivity contribution in [3.05, 3.63) is 69.7 Å². The molecule has 148 valence electrons. The van der Waals surface area contributed by atoms with E-state index < -0.39 is 0 Å². The lowest BCUT2D eigenvalue weighted by Crippen LogP contribution is -2.36. The Bertz CT molecular complexity index is 924. The second-order valence-electron chi connectivity index (χ2n) is 7.02. The first-order valence-corrected chi connectivity index (χ1v) is 10.4. The molecule has 0 amide bonds. The third-order valence-electron chi connectivity index (χ3n) is 4.52. The van der Waals surface area contributed by atoms with Crippen LogP contribution in [-0.4, -0.2) is 27.5 Å². The van der Waals surface area contributed by atoms with Gasteiger partial charge in [0.25, 0.3) is 0 Å². The van der Waals surface area contributed by atoms with E-state index in [1.165, 1.54) is 11.1 Å². The first-order chi connectivity index (χ1) is 13.5. The summed E-state index contributed by atoms with van der Waals surface area (Å²) >= 11 is 1.69. The van der Waals surface area contributed by atoms with Gasteiger partial charge in [0.1, 0.15) is 10.8 Å². The number of aryl methyl sites for hydroxylation is 1.